The van der Waals surface area contributed by atoms with Crippen molar-refractivity contribution in [1.82, 2.24) is 20.2 Å². The molecule has 0 saturated carbocycles. The van der Waals surface area contributed by atoms with Gasteiger partial charge in [-0.1, -0.05) is 12.5 Å². The van der Waals surface area contributed by atoms with Crippen LogP contribution >= 0.6 is 0 Å². The molecule has 3 heterocycles. The molecule has 1 fully saturated rings. The third kappa shape index (κ3) is 5.26. The number of amides is 1. The Morgan fingerprint density at radius 3 is 2.88 bits per heavy atom. The minimum atomic E-state index is -0.0627. The fourth-order valence-electron chi connectivity index (χ4n) is 3.28. The fourth-order valence-corrected chi connectivity index (χ4v) is 3.28. The summed E-state index contributed by atoms with van der Waals surface area (Å²) in [4.78, 5) is 23.2. The molecule has 2 N–H and O–H groups in total. The van der Waals surface area contributed by atoms with E-state index in [1.807, 2.05) is 24.3 Å². The minimum absolute atomic E-state index is 0.0627. The quantitative estimate of drug-likeness (QED) is 0.801. The molecule has 138 valence electrons. The molecule has 0 spiro atoms. The van der Waals surface area contributed by atoms with Gasteiger partial charge in [0.2, 0.25) is 0 Å². The summed E-state index contributed by atoms with van der Waals surface area (Å²) >= 11 is 0. The van der Waals surface area contributed by atoms with Gasteiger partial charge in [0.15, 0.2) is 0 Å². The lowest BCUT2D eigenvalue weighted by molar-refractivity contribution is 0.0945. The van der Waals surface area contributed by atoms with Gasteiger partial charge in [0.05, 0.1) is 17.8 Å². The van der Waals surface area contributed by atoms with Gasteiger partial charge in [-0.2, -0.15) is 0 Å². The Hall–Kier alpha value is -2.47. The van der Waals surface area contributed by atoms with Crippen molar-refractivity contribution in [3.05, 3.63) is 54.0 Å². The number of piperidine rings is 1. The number of pyridine rings is 2. The van der Waals surface area contributed by atoms with Crippen LogP contribution in [0.15, 0.2) is 42.7 Å². The van der Waals surface area contributed by atoms with E-state index in [4.69, 9.17) is 0 Å². The first kappa shape index (κ1) is 18.3. The van der Waals surface area contributed by atoms with Crippen LogP contribution in [0.1, 0.15) is 41.7 Å². The van der Waals surface area contributed by atoms with Gasteiger partial charge in [0, 0.05) is 25.0 Å². The molecule has 0 aliphatic carbocycles. The standard InChI is InChI=1S/C20H27N5O/c1-25-13-5-3-7-18(25)10-12-22-20(26)16-8-9-19(23-14-16)24-15-17-6-2-4-11-21-17/h2,4,6,8-9,11,14,18H,3,5,7,10,12-13,15H2,1H3,(H,22,26)(H,23,24). The van der Waals surface area contributed by atoms with Crippen molar-refractivity contribution in [2.24, 2.45) is 0 Å². The Bertz CT molecular complexity index is 689. The zero-order chi connectivity index (χ0) is 18.2. The third-order valence-electron chi connectivity index (χ3n) is 4.89. The monoisotopic (exact) mass is 353 g/mol. The van der Waals surface area contributed by atoms with Crippen LogP contribution in [0.25, 0.3) is 0 Å². The van der Waals surface area contributed by atoms with Gasteiger partial charge in [-0.3, -0.25) is 9.78 Å². The van der Waals surface area contributed by atoms with Crippen molar-refractivity contribution in [2.75, 3.05) is 25.5 Å². The van der Waals surface area contributed by atoms with Crippen LogP contribution in [0, 0.1) is 0 Å². The Balaban J connectivity index is 1.43. The molecule has 1 aliphatic heterocycles. The first-order valence-corrected chi connectivity index (χ1v) is 9.30. The number of rotatable bonds is 7. The Morgan fingerprint density at radius 1 is 1.23 bits per heavy atom. The second-order valence-corrected chi connectivity index (χ2v) is 6.78. The number of hydrogen-bond donors (Lipinski definition) is 2. The maximum absolute atomic E-state index is 12.3. The molecule has 6 heteroatoms. The SMILES string of the molecule is CN1CCCCC1CCNC(=O)c1ccc(NCc2ccccn2)nc1. The van der Waals surface area contributed by atoms with Gasteiger partial charge in [0.1, 0.15) is 5.82 Å². The largest absolute Gasteiger partial charge is 0.364 e. The first-order chi connectivity index (χ1) is 12.7. The summed E-state index contributed by atoms with van der Waals surface area (Å²) in [5, 5.41) is 6.22. The molecule has 0 bridgehead atoms. The highest BCUT2D eigenvalue weighted by molar-refractivity contribution is 5.94. The predicted octanol–water partition coefficient (Wildman–Crippen LogP) is 2.69. The Labute approximate surface area is 155 Å². The highest BCUT2D eigenvalue weighted by atomic mass is 16.1. The predicted molar refractivity (Wildman–Crippen MR) is 103 cm³/mol. The number of carbonyl (C=O) groups excluding carboxylic acids is 1. The van der Waals surface area contributed by atoms with Crippen LogP contribution in [0.3, 0.4) is 0 Å². The van der Waals surface area contributed by atoms with Crippen molar-refractivity contribution in [1.29, 1.82) is 0 Å². The van der Waals surface area contributed by atoms with E-state index in [9.17, 15) is 4.79 Å². The molecular formula is C20H27N5O. The summed E-state index contributed by atoms with van der Waals surface area (Å²) in [7, 11) is 2.17. The van der Waals surface area contributed by atoms with Crippen molar-refractivity contribution >= 4 is 11.7 Å². The number of hydrogen-bond acceptors (Lipinski definition) is 5. The number of aromatic nitrogens is 2. The van der Waals surface area contributed by atoms with Gasteiger partial charge in [-0.05, 0) is 57.1 Å². The molecule has 3 rings (SSSR count). The molecule has 1 unspecified atom stereocenters. The van der Waals surface area contributed by atoms with Crippen LogP contribution < -0.4 is 10.6 Å². The normalized spacial score (nSPS) is 17.7. The summed E-state index contributed by atoms with van der Waals surface area (Å²) in [6, 6.07) is 10.0. The van der Waals surface area contributed by atoms with Crippen molar-refractivity contribution in [2.45, 2.75) is 38.3 Å². The van der Waals surface area contributed by atoms with Gasteiger partial charge in [-0.25, -0.2) is 4.98 Å². The third-order valence-corrected chi connectivity index (χ3v) is 4.89. The Morgan fingerprint density at radius 2 is 2.15 bits per heavy atom. The van der Waals surface area contributed by atoms with E-state index in [0.717, 1.165) is 24.5 Å². The summed E-state index contributed by atoms with van der Waals surface area (Å²) in [5.41, 5.74) is 1.54. The molecule has 0 aromatic carbocycles. The summed E-state index contributed by atoms with van der Waals surface area (Å²) in [5.74, 6) is 0.670. The molecule has 26 heavy (non-hydrogen) atoms. The van der Waals surface area contributed by atoms with Crippen molar-refractivity contribution in [3.8, 4) is 0 Å². The van der Waals surface area contributed by atoms with E-state index in [2.05, 4.69) is 32.5 Å². The topological polar surface area (TPSA) is 70.2 Å². The van der Waals surface area contributed by atoms with Gasteiger partial charge in [0.25, 0.3) is 5.91 Å². The smallest absolute Gasteiger partial charge is 0.252 e. The number of nitrogens with one attached hydrogen (secondary N) is 2. The number of nitrogens with zero attached hydrogens (tertiary/aromatic N) is 3. The minimum Gasteiger partial charge on any atom is -0.364 e. The molecular weight excluding hydrogens is 326 g/mol. The van der Waals surface area contributed by atoms with E-state index < -0.39 is 0 Å². The summed E-state index contributed by atoms with van der Waals surface area (Å²) in [6.45, 7) is 2.47. The number of carbonyl (C=O) groups is 1. The van der Waals surface area contributed by atoms with E-state index in [1.54, 1.807) is 18.5 Å². The average molecular weight is 353 g/mol. The van der Waals surface area contributed by atoms with Gasteiger partial charge >= 0.3 is 0 Å². The lowest BCUT2D eigenvalue weighted by atomic mass is 10.0. The molecule has 1 saturated heterocycles. The molecule has 2 aromatic rings. The second kappa shape index (κ2) is 9.29. The van der Waals surface area contributed by atoms with Crippen LogP contribution in [-0.2, 0) is 6.54 Å². The molecule has 2 aromatic heterocycles. The lowest BCUT2D eigenvalue weighted by Crippen LogP contribution is -2.39. The molecule has 1 atom stereocenters. The molecule has 6 nitrogen and oxygen atoms in total. The van der Waals surface area contributed by atoms with E-state index in [0.29, 0.717) is 24.7 Å². The average Bonchev–Trinajstić information content (AvgIpc) is 2.69. The molecule has 1 aliphatic rings. The van der Waals surface area contributed by atoms with Gasteiger partial charge < -0.3 is 15.5 Å². The maximum Gasteiger partial charge on any atom is 0.252 e. The summed E-state index contributed by atoms with van der Waals surface area (Å²) in [6.07, 6.45) is 8.18. The van der Waals surface area contributed by atoms with Crippen LogP contribution in [0.5, 0.6) is 0 Å². The van der Waals surface area contributed by atoms with Crippen LogP contribution in [-0.4, -0.2) is 47.0 Å². The maximum atomic E-state index is 12.3. The summed E-state index contributed by atoms with van der Waals surface area (Å²) < 4.78 is 0. The van der Waals surface area contributed by atoms with E-state index in [1.165, 1.54) is 19.3 Å². The van der Waals surface area contributed by atoms with Crippen molar-refractivity contribution < 1.29 is 4.79 Å². The van der Waals surface area contributed by atoms with Crippen molar-refractivity contribution in [3.63, 3.8) is 0 Å². The lowest BCUT2D eigenvalue weighted by Gasteiger charge is -2.32. The first-order valence-electron chi connectivity index (χ1n) is 9.30. The number of likely N-dealkylation sites (tertiary alicyclic amines) is 1. The highest BCUT2D eigenvalue weighted by Gasteiger charge is 2.18. The fraction of sp³-hybridized carbons (Fsp3) is 0.450. The van der Waals surface area contributed by atoms with Crippen LogP contribution in [0.4, 0.5) is 5.82 Å². The highest BCUT2D eigenvalue weighted by Crippen LogP contribution is 2.17. The number of anilines is 1. The zero-order valence-electron chi connectivity index (χ0n) is 15.3. The van der Waals surface area contributed by atoms with E-state index in [-0.39, 0.29) is 5.91 Å². The molecule has 0 radical (unpaired) electrons. The zero-order valence-corrected chi connectivity index (χ0v) is 15.3. The van der Waals surface area contributed by atoms with E-state index >= 15 is 0 Å². The second-order valence-electron chi connectivity index (χ2n) is 6.78. The van der Waals surface area contributed by atoms with Crippen LogP contribution in [0.2, 0.25) is 0 Å². The molecule has 1 amide bonds. The Kier molecular flexibility index (Phi) is 6.55. The van der Waals surface area contributed by atoms with Gasteiger partial charge in [-0.15, -0.1) is 0 Å².